The zero-order valence-electron chi connectivity index (χ0n) is 11.3. The average Bonchev–Trinajstić information content (AvgIpc) is 2.71. The molecule has 1 heterocycles. The molecule has 0 saturated heterocycles. The number of amides is 1. The molecular formula is C11H16N2O5S2. The normalized spacial score (nSPS) is 11.6. The van der Waals surface area contributed by atoms with Crippen molar-refractivity contribution < 1.29 is 23.1 Å². The fraction of sp³-hybridized carbons (Fsp3) is 0.455. The molecule has 0 aliphatic heterocycles. The van der Waals surface area contributed by atoms with Crippen molar-refractivity contribution in [3.05, 3.63) is 15.8 Å². The van der Waals surface area contributed by atoms with Gasteiger partial charge in [-0.1, -0.05) is 0 Å². The van der Waals surface area contributed by atoms with Crippen LogP contribution in [0.3, 0.4) is 0 Å². The number of nitrogens with zero attached hydrogens (tertiary/aromatic N) is 1. The zero-order chi connectivity index (χ0) is 15.5. The first-order chi connectivity index (χ1) is 9.20. The molecule has 0 atom stereocenters. The molecule has 1 aromatic rings. The number of aliphatic carboxylic acids is 1. The first-order valence-corrected chi connectivity index (χ1v) is 8.02. The van der Waals surface area contributed by atoms with E-state index in [1.54, 1.807) is 13.8 Å². The van der Waals surface area contributed by atoms with E-state index in [2.05, 4.69) is 5.32 Å². The monoisotopic (exact) mass is 320 g/mol. The van der Waals surface area contributed by atoms with Crippen LogP contribution in [0, 0.1) is 6.92 Å². The Bertz CT molecular complexity index is 621. The second kappa shape index (κ2) is 6.33. The molecular weight excluding hydrogens is 304 g/mol. The van der Waals surface area contributed by atoms with Gasteiger partial charge >= 0.3 is 5.97 Å². The summed E-state index contributed by atoms with van der Waals surface area (Å²) in [5, 5.41) is 11.2. The predicted molar refractivity (Wildman–Crippen MR) is 74.5 cm³/mol. The van der Waals surface area contributed by atoms with Gasteiger partial charge in [0, 0.05) is 18.5 Å². The van der Waals surface area contributed by atoms with Crippen molar-refractivity contribution in [3.63, 3.8) is 0 Å². The number of aryl methyl sites for hydroxylation is 1. The van der Waals surface area contributed by atoms with E-state index in [0.717, 1.165) is 15.6 Å². The van der Waals surface area contributed by atoms with E-state index < -0.39 is 22.5 Å². The van der Waals surface area contributed by atoms with E-state index in [9.17, 15) is 18.0 Å². The third-order valence-electron chi connectivity index (χ3n) is 2.48. The quantitative estimate of drug-likeness (QED) is 0.795. The maximum absolute atomic E-state index is 12.2. The van der Waals surface area contributed by atoms with Crippen LogP contribution in [0.1, 0.15) is 21.5 Å². The number of carboxylic acids is 1. The molecule has 0 fully saturated rings. The molecule has 0 unspecified atom stereocenters. The molecule has 0 radical (unpaired) electrons. The Morgan fingerprint density at radius 3 is 2.55 bits per heavy atom. The molecule has 2 N–H and O–H groups in total. The lowest BCUT2D eigenvalue weighted by Gasteiger charge is -2.14. The molecule has 20 heavy (non-hydrogen) atoms. The van der Waals surface area contributed by atoms with Gasteiger partial charge in [-0.15, -0.1) is 11.3 Å². The van der Waals surface area contributed by atoms with Gasteiger partial charge in [0.15, 0.2) is 0 Å². The third kappa shape index (κ3) is 3.56. The Hall–Kier alpha value is -1.45. The number of carbonyl (C=O) groups is 2. The summed E-state index contributed by atoms with van der Waals surface area (Å²) >= 11 is 1.06. The minimum Gasteiger partial charge on any atom is -0.480 e. The maximum atomic E-state index is 12.2. The van der Waals surface area contributed by atoms with E-state index in [4.69, 9.17) is 5.11 Å². The first kappa shape index (κ1) is 16.6. The molecule has 1 amide bonds. The minimum atomic E-state index is -3.91. The highest BCUT2D eigenvalue weighted by Crippen LogP contribution is 2.27. The lowest BCUT2D eigenvalue weighted by atomic mass is 10.4. The van der Waals surface area contributed by atoms with Gasteiger partial charge in [0.05, 0.1) is 9.77 Å². The van der Waals surface area contributed by atoms with Crippen molar-refractivity contribution in [3.8, 4) is 0 Å². The van der Waals surface area contributed by atoms with Crippen LogP contribution in [0.4, 0.5) is 0 Å². The first-order valence-electron chi connectivity index (χ1n) is 5.77. The van der Waals surface area contributed by atoms with E-state index in [-0.39, 0.29) is 15.7 Å². The molecule has 0 aliphatic rings. The van der Waals surface area contributed by atoms with Crippen molar-refractivity contribution in [1.82, 2.24) is 9.62 Å². The second-order valence-corrected chi connectivity index (χ2v) is 7.31. The molecule has 9 heteroatoms. The number of rotatable bonds is 6. The van der Waals surface area contributed by atoms with Gasteiger partial charge in [-0.3, -0.25) is 9.59 Å². The second-order valence-electron chi connectivity index (χ2n) is 4.05. The smallest absolute Gasteiger partial charge is 0.318 e. The van der Waals surface area contributed by atoms with Crippen LogP contribution in [0.15, 0.2) is 11.0 Å². The number of hydrogen-bond donors (Lipinski definition) is 2. The standard InChI is InChI=1S/C11H16N2O5S2/c1-4-12-11(16)8-5-9(7(2)19-8)20(17,18)13(3)6-10(14)15/h5H,4,6H2,1-3H3,(H,12,16)(H,14,15). The number of carbonyl (C=O) groups excluding carboxylic acids is 1. The Kier molecular flexibility index (Phi) is 5.26. The Labute approximate surface area is 121 Å². The van der Waals surface area contributed by atoms with Crippen molar-refractivity contribution in [2.24, 2.45) is 0 Å². The lowest BCUT2D eigenvalue weighted by Crippen LogP contribution is -2.32. The highest BCUT2D eigenvalue weighted by molar-refractivity contribution is 7.89. The van der Waals surface area contributed by atoms with Crippen LogP contribution in [-0.2, 0) is 14.8 Å². The van der Waals surface area contributed by atoms with Crippen LogP contribution in [0.25, 0.3) is 0 Å². The number of likely N-dealkylation sites (N-methyl/N-ethyl adjacent to an activating group) is 1. The minimum absolute atomic E-state index is 0.0347. The largest absolute Gasteiger partial charge is 0.480 e. The molecule has 112 valence electrons. The summed E-state index contributed by atoms with van der Waals surface area (Å²) in [6.45, 7) is 3.15. The van der Waals surface area contributed by atoms with Gasteiger partial charge in [0.2, 0.25) is 10.0 Å². The molecule has 0 spiro atoms. The zero-order valence-corrected chi connectivity index (χ0v) is 13.0. The third-order valence-corrected chi connectivity index (χ3v) is 5.59. The Morgan fingerprint density at radius 1 is 1.45 bits per heavy atom. The van der Waals surface area contributed by atoms with Crippen LogP contribution < -0.4 is 5.32 Å². The molecule has 7 nitrogen and oxygen atoms in total. The molecule has 1 rings (SSSR count). The maximum Gasteiger partial charge on any atom is 0.318 e. The van der Waals surface area contributed by atoms with E-state index in [1.165, 1.54) is 13.1 Å². The number of carboxylic acid groups (broad SMARTS) is 1. The fourth-order valence-corrected chi connectivity index (χ4v) is 4.12. The fourth-order valence-electron chi connectivity index (χ4n) is 1.52. The van der Waals surface area contributed by atoms with Crippen LogP contribution in [0.2, 0.25) is 0 Å². The van der Waals surface area contributed by atoms with E-state index in [0.29, 0.717) is 11.4 Å². The van der Waals surface area contributed by atoms with E-state index >= 15 is 0 Å². The van der Waals surface area contributed by atoms with Gasteiger partial charge in [-0.25, -0.2) is 8.42 Å². The highest BCUT2D eigenvalue weighted by Gasteiger charge is 2.27. The lowest BCUT2D eigenvalue weighted by molar-refractivity contribution is -0.137. The number of sulfonamides is 1. The van der Waals surface area contributed by atoms with Crippen molar-refractivity contribution >= 4 is 33.2 Å². The molecule has 0 saturated carbocycles. The van der Waals surface area contributed by atoms with Gasteiger partial charge < -0.3 is 10.4 Å². The van der Waals surface area contributed by atoms with Gasteiger partial charge in [0.25, 0.3) is 5.91 Å². The van der Waals surface area contributed by atoms with Crippen LogP contribution in [-0.4, -0.2) is 49.8 Å². The van der Waals surface area contributed by atoms with Gasteiger partial charge in [-0.05, 0) is 19.9 Å². The van der Waals surface area contributed by atoms with Crippen molar-refractivity contribution in [2.75, 3.05) is 20.1 Å². The van der Waals surface area contributed by atoms with Crippen molar-refractivity contribution in [1.29, 1.82) is 0 Å². The summed E-state index contributed by atoms with van der Waals surface area (Å²) in [5.74, 6) is -1.59. The predicted octanol–water partition coefficient (Wildman–Crippen LogP) is 0.511. The molecule has 0 aromatic carbocycles. The van der Waals surface area contributed by atoms with Crippen LogP contribution >= 0.6 is 11.3 Å². The topological polar surface area (TPSA) is 104 Å². The highest BCUT2D eigenvalue weighted by atomic mass is 32.2. The molecule has 0 aliphatic carbocycles. The average molecular weight is 320 g/mol. The Morgan fingerprint density at radius 2 is 2.05 bits per heavy atom. The van der Waals surface area contributed by atoms with E-state index in [1.807, 2.05) is 0 Å². The SMILES string of the molecule is CCNC(=O)c1cc(S(=O)(=O)N(C)CC(=O)O)c(C)s1. The summed E-state index contributed by atoms with van der Waals surface area (Å²) in [6.07, 6.45) is 0. The number of hydrogen-bond acceptors (Lipinski definition) is 5. The summed E-state index contributed by atoms with van der Waals surface area (Å²) in [7, 11) is -2.72. The molecule has 1 aromatic heterocycles. The summed E-state index contributed by atoms with van der Waals surface area (Å²) in [4.78, 5) is 23.0. The van der Waals surface area contributed by atoms with Gasteiger partial charge in [-0.2, -0.15) is 4.31 Å². The molecule has 0 bridgehead atoms. The summed E-state index contributed by atoms with van der Waals surface area (Å²) in [5.41, 5.74) is 0. The van der Waals surface area contributed by atoms with Gasteiger partial charge in [0.1, 0.15) is 6.54 Å². The number of thiophene rings is 1. The summed E-state index contributed by atoms with van der Waals surface area (Å²) in [6, 6.07) is 1.28. The Balaban J connectivity index is 3.13. The number of nitrogens with one attached hydrogen (secondary N) is 1. The van der Waals surface area contributed by atoms with Crippen LogP contribution in [0.5, 0.6) is 0 Å². The van der Waals surface area contributed by atoms with Crippen molar-refractivity contribution in [2.45, 2.75) is 18.7 Å². The summed E-state index contributed by atoms with van der Waals surface area (Å²) < 4.78 is 25.2.